The van der Waals surface area contributed by atoms with Crippen LogP contribution in [0.25, 0.3) is 0 Å². The number of aryl methyl sites for hydroxylation is 2. The lowest BCUT2D eigenvalue weighted by atomic mass is 10.1. The summed E-state index contributed by atoms with van der Waals surface area (Å²) in [6.45, 7) is 6.30. The van der Waals surface area contributed by atoms with Crippen molar-refractivity contribution in [3.8, 4) is 6.19 Å². The molecule has 2 amide bonds. The van der Waals surface area contributed by atoms with Crippen LogP contribution in [0.5, 0.6) is 0 Å². The topological polar surface area (TPSA) is 64.4 Å². The van der Waals surface area contributed by atoms with Crippen LogP contribution in [-0.2, 0) is 6.42 Å². The van der Waals surface area contributed by atoms with E-state index in [1.807, 2.05) is 38.2 Å². The van der Waals surface area contributed by atoms with Crippen molar-refractivity contribution in [2.45, 2.75) is 46.5 Å². The van der Waals surface area contributed by atoms with E-state index in [2.05, 4.69) is 6.92 Å². The van der Waals surface area contributed by atoms with Gasteiger partial charge in [0, 0.05) is 17.7 Å². The molecule has 146 valence electrons. The van der Waals surface area contributed by atoms with Crippen molar-refractivity contribution in [3.63, 3.8) is 0 Å². The molecule has 5 heteroatoms. The maximum atomic E-state index is 13.1. The number of nitrogens with zero attached hydrogens (tertiary/aromatic N) is 3. The maximum absolute atomic E-state index is 13.1. The fourth-order valence-electron chi connectivity index (χ4n) is 2.96. The van der Waals surface area contributed by atoms with Crippen LogP contribution < -0.4 is 0 Å². The number of benzene rings is 2. The zero-order chi connectivity index (χ0) is 20.5. The summed E-state index contributed by atoms with van der Waals surface area (Å²) in [5.41, 5.74) is 2.94. The van der Waals surface area contributed by atoms with E-state index >= 15 is 0 Å². The van der Waals surface area contributed by atoms with E-state index in [-0.39, 0.29) is 5.91 Å². The first-order valence-corrected chi connectivity index (χ1v) is 9.73. The van der Waals surface area contributed by atoms with Crippen LogP contribution in [0, 0.1) is 18.4 Å². The third-order valence-corrected chi connectivity index (χ3v) is 4.49. The van der Waals surface area contributed by atoms with Crippen molar-refractivity contribution in [2.75, 3.05) is 6.54 Å². The summed E-state index contributed by atoms with van der Waals surface area (Å²) in [6.07, 6.45) is 5.40. The van der Waals surface area contributed by atoms with E-state index in [4.69, 9.17) is 0 Å². The Labute approximate surface area is 167 Å². The second-order valence-electron chi connectivity index (χ2n) is 6.82. The first kappa shape index (κ1) is 21.2. The first-order valence-electron chi connectivity index (χ1n) is 9.73. The molecule has 2 aromatic rings. The first-order chi connectivity index (χ1) is 13.5. The molecule has 0 heterocycles. The van der Waals surface area contributed by atoms with E-state index in [1.165, 1.54) is 5.01 Å². The van der Waals surface area contributed by atoms with Crippen LogP contribution >= 0.6 is 0 Å². The quantitative estimate of drug-likeness (QED) is 0.398. The van der Waals surface area contributed by atoms with Crippen molar-refractivity contribution >= 4 is 11.8 Å². The largest absolute Gasteiger partial charge is 0.286 e. The van der Waals surface area contributed by atoms with Gasteiger partial charge in [-0.3, -0.25) is 9.59 Å². The number of unbranched alkanes of at least 4 members (excludes halogenated alkanes) is 1. The fourth-order valence-corrected chi connectivity index (χ4v) is 2.96. The van der Waals surface area contributed by atoms with Crippen molar-refractivity contribution in [1.29, 1.82) is 5.26 Å². The summed E-state index contributed by atoms with van der Waals surface area (Å²) in [5.74, 6) is -0.850. The number of hydrazine groups is 1. The van der Waals surface area contributed by atoms with Gasteiger partial charge in [-0.2, -0.15) is 5.26 Å². The molecule has 0 aliphatic rings. The highest BCUT2D eigenvalue weighted by molar-refractivity contribution is 6.00. The fraction of sp³-hybridized carbons (Fsp3) is 0.348. The van der Waals surface area contributed by atoms with Crippen LogP contribution in [0.4, 0.5) is 0 Å². The van der Waals surface area contributed by atoms with Gasteiger partial charge in [-0.15, -0.1) is 5.01 Å². The number of amides is 2. The second kappa shape index (κ2) is 10.3. The average Bonchev–Trinajstić information content (AvgIpc) is 2.71. The predicted molar refractivity (Wildman–Crippen MR) is 109 cm³/mol. The van der Waals surface area contributed by atoms with Crippen molar-refractivity contribution in [3.05, 3.63) is 70.8 Å². The standard InChI is InChI=1S/C23H27N3O2/c1-4-6-15-25(23(28)21-10-7-9-18(3)16-21)26(17-24)22(27)20-13-11-19(8-5-2)12-14-20/h7,9-14,16H,4-6,8,15H2,1-3H3. The van der Waals surface area contributed by atoms with Gasteiger partial charge in [-0.25, -0.2) is 5.01 Å². The van der Waals surface area contributed by atoms with E-state index in [1.54, 1.807) is 30.3 Å². The molecule has 0 N–H and O–H groups in total. The zero-order valence-electron chi connectivity index (χ0n) is 16.8. The van der Waals surface area contributed by atoms with Gasteiger partial charge >= 0.3 is 0 Å². The van der Waals surface area contributed by atoms with Gasteiger partial charge in [0.15, 0.2) is 0 Å². The highest BCUT2D eigenvalue weighted by Gasteiger charge is 2.28. The van der Waals surface area contributed by atoms with Crippen molar-refractivity contribution in [2.24, 2.45) is 0 Å². The Bertz CT molecular complexity index is 853. The molecule has 0 saturated heterocycles. The molecular formula is C23H27N3O2. The number of hydrogen-bond donors (Lipinski definition) is 0. The molecule has 0 aliphatic carbocycles. The second-order valence-corrected chi connectivity index (χ2v) is 6.82. The van der Waals surface area contributed by atoms with Crippen molar-refractivity contribution < 1.29 is 9.59 Å². The van der Waals surface area contributed by atoms with Gasteiger partial charge in [-0.1, -0.05) is 56.5 Å². The maximum Gasteiger partial charge on any atom is 0.286 e. The van der Waals surface area contributed by atoms with E-state index in [0.717, 1.165) is 35.4 Å². The summed E-state index contributed by atoms with van der Waals surface area (Å²) in [7, 11) is 0. The molecule has 5 nitrogen and oxygen atoms in total. The van der Waals surface area contributed by atoms with E-state index < -0.39 is 5.91 Å². The smallest absolute Gasteiger partial charge is 0.267 e. The summed E-state index contributed by atoms with van der Waals surface area (Å²) in [4.78, 5) is 26.0. The number of nitriles is 1. The van der Waals surface area contributed by atoms with Crippen LogP contribution in [-0.4, -0.2) is 28.4 Å². The molecule has 0 fully saturated rings. The predicted octanol–water partition coefficient (Wildman–Crippen LogP) is 4.73. The minimum atomic E-state index is -0.498. The normalized spacial score (nSPS) is 10.2. The third kappa shape index (κ3) is 5.20. The lowest BCUT2D eigenvalue weighted by Crippen LogP contribution is -2.47. The van der Waals surface area contributed by atoms with Gasteiger partial charge < -0.3 is 0 Å². The lowest BCUT2D eigenvalue weighted by Gasteiger charge is -2.29. The molecule has 0 radical (unpaired) electrons. The molecule has 0 atom stereocenters. The molecule has 2 rings (SSSR count). The summed E-state index contributed by atoms with van der Waals surface area (Å²) in [6, 6.07) is 14.4. The Morgan fingerprint density at radius 2 is 1.68 bits per heavy atom. The summed E-state index contributed by atoms with van der Waals surface area (Å²) >= 11 is 0. The van der Waals surface area contributed by atoms with Crippen molar-refractivity contribution in [1.82, 2.24) is 10.0 Å². The van der Waals surface area contributed by atoms with Crippen LogP contribution in [0.1, 0.15) is 65.0 Å². The molecule has 28 heavy (non-hydrogen) atoms. The number of hydrogen-bond acceptors (Lipinski definition) is 3. The third-order valence-electron chi connectivity index (χ3n) is 4.49. The summed E-state index contributed by atoms with van der Waals surface area (Å²) in [5, 5.41) is 11.8. The molecule has 0 aliphatic heterocycles. The molecular weight excluding hydrogens is 350 g/mol. The molecule has 0 unspecified atom stereocenters. The summed E-state index contributed by atoms with van der Waals surface area (Å²) < 4.78 is 0. The highest BCUT2D eigenvalue weighted by atomic mass is 16.2. The monoisotopic (exact) mass is 377 g/mol. The van der Waals surface area contributed by atoms with E-state index in [0.29, 0.717) is 24.1 Å². The molecule has 0 saturated carbocycles. The van der Waals surface area contributed by atoms with Gasteiger partial charge in [0.25, 0.3) is 11.8 Å². The number of carbonyl (C=O) groups excluding carboxylic acids is 2. The number of rotatable bonds is 7. The Morgan fingerprint density at radius 1 is 0.964 bits per heavy atom. The van der Waals surface area contributed by atoms with Crippen LogP contribution in [0.2, 0.25) is 0 Å². The van der Waals surface area contributed by atoms with Gasteiger partial charge in [-0.05, 0) is 49.6 Å². The zero-order valence-corrected chi connectivity index (χ0v) is 16.8. The molecule has 0 bridgehead atoms. The lowest BCUT2D eigenvalue weighted by molar-refractivity contribution is 0.0191. The Balaban J connectivity index is 2.32. The van der Waals surface area contributed by atoms with Gasteiger partial charge in [0.05, 0.1) is 0 Å². The SMILES string of the molecule is CCCCN(C(=O)c1cccc(C)c1)N(C#N)C(=O)c1ccc(CCC)cc1. The Hall–Kier alpha value is -3.13. The Morgan fingerprint density at radius 3 is 2.25 bits per heavy atom. The highest BCUT2D eigenvalue weighted by Crippen LogP contribution is 2.15. The molecule has 0 aromatic heterocycles. The van der Waals surface area contributed by atoms with E-state index in [9.17, 15) is 14.9 Å². The average molecular weight is 377 g/mol. The van der Waals surface area contributed by atoms with Crippen LogP contribution in [0.15, 0.2) is 48.5 Å². The minimum Gasteiger partial charge on any atom is -0.267 e. The minimum absolute atomic E-state index is 0.302. The molecule has 0 spiro atoms. The van der Waals surface area contributed by atoms with Gasteiger partial charge in [0.1, 0.15) is 0 Å². The van der Waals surface area contributed by atoms with Crippen LogP contribution in [0.3, 0.4) is 0 Å². The molecule has 2 aromatic carbocycles. The van der Waals surface area contributed by atoms with Gasteiger partial charge in [0.2, 0.25) is 6.19 Å². The number of carbonyl (C=O) groups is 2. The Kier molecular flexibility index (Phi) is 7.76.